The van der Waals surface area contributed by atoms with Gasteiger partial charge in [0.25, 0.3) is 5.79 Å². The second-order valence-electron chi connectivity index (χ2n) is 16.5. The van der Waals surface area contributed by atoms with Gasteiger partial charge in [0.05, 0.1) is 25.9 Å². The number of hydrogen-bond acceptors (Lipinski definition) is 22. The minimum absolute atomic E-state index is 0.151. The summed E-state index contributed by atoms with van der Waals surface area (Å²) in [4.78, 5) is 50.1. The van der Waals surface area contributed by atoms with Gasteiger partial charge in [-0.1, -0.05) is 0 Å². The third kappa shape index (κ3) is 11.8. The molecule has 5 aliphatic rings. The lowest BCUT2D eigenvalue weighted by Gasteiger charge is -2.51. The summed E-state index contributed by atoms with van der Waals surface area (Å²) in [5, 5.41) is 93.2. The normalized spacial score (nSPS) is 43.5. The summed E-state index contributed by atoms with van der Waals surface area (Å²) in [5.74, 6) is -5.85. The smallest absolute Gasteiger partial charge is 0.364 e. The van der Waals surface area contributed by atoms with Crippen molar-refractivity contribution in [3.63, 3.8) is 0 Å². The van der Waals surface area contributed by atoms with Crippen LogP contribution in [0.3, 0.4) is 0 Å². The van der Waals surface area contributed by atoms with Crippen molar-refractivity contribution in [2.45, 2.75) is 182 Å². The van der Waals surface area contributed by atoms with Crippen LogP contribution in [-0.4, -0.2) is 226 Å². The molecule has 26 heteroatoms. The number of ether oxygens (including phenoxy) is 10. The zero-order chi connectivity index (χ0) is 47.2. The van der Waals surface area contributed by atoms with Crippen molar-refractivity contribution in [2.24, 2.45) is 5.73 Å². The van der Waals surface area contributed by atoms with Gasteiger partial charge in [-0.2, -0.15) is 0 Å². The van der Waals surface area contributed by atoms with Gasteiger partial charge in [0.1, 0.15) is 91.4 Å². The van der Waals surface area contributed by atoms with Crippen LogP contribution in [0.25, 0.3) is 0 Å². The lowest BCUT2D eigenvalue weighted by molar-refractivity contribution is -0.358. The molecule has 0 saturated carbocycles. The number of carboxylic acids is 1. The number of carbonyl (C=O) groups excluding carboxylic acids is 3. The number of nitrogens with two attached hydrogens (primary N) is 1. The molecule has 5 rings (SSSR count). The van der Waals surface area contributed by atoms with E-state index in [-0.39, 0.29) is 6.61 Å². The van der Waals surface area contributed by atoms with Gasteiger partial charge in [0.2, 0.25) is 17.7 Å². The van der Waals surface area contributed by atoms with Gasteiger partial charge in [-0.15, -0.1) is 0 Å². The highest BCUT2D eigenvalue weighted by Crippen LogP contribution is 2.41. The molecule has 0 unspecified atom stereocenters. The molecule has 368 valence electrons. The van der Waals surface area contributed by atoms with Gasteiger partial charge < -0.3 is 110 Å². The molecule has 0 aromatic carbocycles. The van der Waals surface area contributed by atoms with Crippen LogP contribution >= 0.6 is 0 Å². The number of amides is 3. The molecule has 0 aromatic heterocycles. The molecule has 5 fully saturated rings. The quantitative estimate of drug-likeness (QED) is 0.0536. The maximum atomic E-state index is 12.9. The molecule has 0 aromatic rings. The number of aliphatic hydroxyl groups is 7. The molecule has 13 N–H and O–H groups in total. The Hall–Kier alpha value is -2.84. The van der Waals surface area contributed by atoms with Crippen molar-refractivity contribution in [3.8, 4) is 0 Å². The Morgan fingerprint density at radius 3 is 1.59 bits per heavy atom. The van der Waals surface area contributed by atoms with Gasteiger partial charge in [0, 0.05) is 34.3 Å². The highest BCUT2D eigenvalue weighted by Gasteiger charge is 2.62. The van der Waals surface area contributed by atoms with E-state index in [1.807, 2.05) is 0 Å². The molecule has 21 atom stereocenters. The van der Waals surface area contributed by atoms with Crippen LogP contribution in [-0.2, 0) is 66.5 Å². The Morgan fingerprint density at radius 1 is 0.594 bits per heavy atom. The largest absolute Gasteiger partial charge is 0.477 e. The Labute approximate surface area is 367 Å². The van der Waals surface area contributed by atoms with E-state index in [9.17, 15) is 60.0 Å². The summed E-state index contributed by atoms with van der Waals surface area (Å²) < 4.78 is 60.4. The lowest BCUT2D eigenvalue weighted by atomic mass is 9.93. The first-order valence-corrected chi connectivity index (χ1v) is 21.1. The minimum Gasteiger partial charge on any atom is -0.477 e. The molecule has 0 radical (unpaired) electrons. The van der Waals surface area contributed by atoms with E-state index in [0.29, 0.717) is 13.0 Å². The second-order valence-corrected chi connectivity index (χ2v) is 16.5. The van der Waals surface area contributed by atoms with Gasteiger partial charge in [-0.3, -0.25) is 14.4 Å². The van der Waals surface area contributed by atoms with E-state index in [1.165, 1.54) is 6.92 Å². The second kappa shape index (κ2) is 22.8. The Bertz CT molecular complexity index is 1570. The monoisotopic (exact) mass is 928 g/mol. The minimum atomic E-state index is -2.25. The first kappa shape index (κ1) is 52.1. The molecule has 0 spiro atoms. The van der Waals surface area contributed by atoms with Gasteiger partial charge in [0.15, 0.2) is 25.2 Å². The number of unbranched alkanes of at least 4 members (excludes halogenated alkanes) is 2. The van der Waals surface area contributed by atoms with Crippen LogP contribution in [0.2, 0.25) is 0 Å². The Balaban J connectivity index is 1.47. The highest BCUT2D eigenvalue weighted by atomic mass is 16.8. The fourth-order valence-corrected chi connectivity index (χ4v) is 8.32. The Kier molecular flexibility index (Phi) is 18.5. The average Bonchev–Trinajstić information content (AvgIpc) is 3.61. The van der Waals surface area contributed by atoms with E-state index >= 15 is 0 Å². The van der Waals surface area contributed by atoms with E-state index in [4.69, 9.17) is 53.1 Å². The standard InChI is InChI=1S/C38H64N4O22/c1-14-24(49)29(61-33-21(40-15(2)46)27(52)25(50)18(11-43)57-33)22(41-16(3)47)34(56-14)62-30-23(42-17(4)48)35(58-19(12-44)26(30)51)60-28-20(13-45)59-36(55-10-8-6-7-9-39)32-31(28)63-38(5,64-32)37(53)54/h14,18-36,43-45,49-52H,6-13,39H2,1-5H3,(H,40,46)(H,41,47)(H,42,48)(H,53,54)/t14-,18+,19+,20+,21-,22-,23+,24+,25+,26-,27+,28-,29-,30+,31-,32+,33-,34-,35+,36-,38-/m0/s1. The first-order valence-electron chi connectivity index (χ1n) is 21.1. The van der Waals surface area contributed by atoms with Crippen LogP contribution in [0.5, 0.6) is 0 Å². The van der Waals surface area contributed by atoms with Gasteiger partial charge in [-0.05, 0) is 32.7 Å². The topological polar surface area (TPSA) is 385 Å². The number of nitrogens with one attached hydrogen (secondary N) is 3. The number of aliphatic carboxylic acids is 1. The molecular formula is C38H64N4O22. The van der Waals surface area contributed by atoms with Crippen molar-refractivity contribution < 1.29 is 107 Å². The van der Waals surface area contributed by atoms with Crippen LogP contribution in [0, 0.1) is 0 Å². The first-order chi connectivity index (χ1) is 30.3. The summed E-state index contributed by atoms with van der Waals surface area (Å²) in [6.45, 7) is 4.12. The van der Waals surface area contributed by atoms with E-state index in [1.54, 1.807) is 0 Å². The number of aliphatic hydroxyl groups excluding tert-OH is 7. The van der Waals surface area contributed by atoms with Crippen LogP contribution in [0.1, 0.15) is 53.9 Å². The maximum absolute atomic E-state index is 12.9. The third-order valence-electron chi connectivity index (χ3n) is 11.5. The molecule has 64 heavy (non-hydrogen) atoms. The zero-order valence-electron chi connectivity index (χ0n) is 36.1. The van der Waals surface area contributed by atoms with Crippen LogP contribution in [0.4, 0.5) is 0 Å². The van der Waals surface area contributed by atoms with Crippen molar-refractivity contribution in [1.29, 1.82) is 0 Å². The van der Waals surface area contributed by atoms with E-state index in [2.05, 4.69) is 16.0 Å². The summed E-state index contributed by atoms with van der Waals surface area (Å²) >= 11 is 0. The fraction of sp³-hybridized carbons (Fsp3) is 0.895. The predicted octanol–water partition coefficient (Wildman–Crippen LogP) is -6.27. The van der Waals surface area contributed by atoms with Gasteiger partial charge in [-0.25, -0.2) is 4.79 Å². The van der Waals surface area contributed by atoms with Crippen molar-refractivity contribution in [1.82, 2.24) is 16.0 Å². The summed E-state index contributed by atoms with van der Waals surface area (Å²) in [5.41, 5.74) is 5.59. The molecule has 3 amide bonds. The molecule has 5 aliphatic heterocycles. The number of rotatable bonds is 19. The number of fused-ring (bicyclic) bond motifs is 1. The molecular weight excluding hydrogens is 864 g/mol. The Morgan fingerprint density at radius 2 is 1.06 bits per heavy atom. The number of carboxylic acid groups (broad SMARTS) is 1. The molecule has 26 nitrogen and oxygen atoms in total. The maximum Gasteiger partial charge on any atom is 0.364 e. The van der Waals surface area contributed by atoms with Crippen LogP contribution in [0.15, 0.2) is 0 Å². The van der Waals surface area contributed by atoms with Crippen LogP contribution < -0.4 is 21.7 Å². The van der Waals surface area contributed by atoms with Crippen molar-refractivity contribution in [3.05, 3.63) is 0 Å². The lowest BCUT2D eigenvalue weighted by Crippen LogP contribution is -2.71. The van der Waals surface area contributed by atoms with Crippen molar-refractivity contribution >= 4 is 23.7 Å². The zero-order valence-corrected chi connectivity index (χ0v) is 36.1. The SMILES string of the molecule is CC(=O)N[C@@H]1[C@H](O[C@@H]2[C@H](O)[C@H](C)O[C@@H](O[C@H]3[C@@H](O)[C@@H](CO)O[C@H](O[C@@H]4[C@@H]5O[C@](C)(C(=O)O)O[C@H]5[C@@H](OCCCCCN)O[C@@H]4CO)[C@@H]3NC(C)=O)[C@H]2NC(C)=O)O[C@H](CO)[C@@H](O)[C@@H]1O. The number of hydrogen-bond donors (Lipinski definition) is 12. The molecule has 0 bridgehead atoms. The van der Waals surface area contributed by atoms with Crippen molar-refractivity contribution in [2.75, 3.05) is 33.0 Å². The summed E-state index contributed by atoms with van der Waals surface area (Å²) in [7, 11) is 0. The van der Waals surface area contributed by atoms with E-state index < -0.39 is 172 Å². The summed E-state index contributed by atoms with van der Waals surface area (Å²) in [6, 6.07) is -4.55. The predicted molar refractivity (Wildman–Crippen MR) is 208 cm³/mol. The molecule has 0 aliphatic carbocycles. The highest BCUT2D eigenvalue weighted by molar-refractivity contribution is 5.75. The molecule has 5 saturated heterocycles. The summed E-state index contributed by atoms with van der Waals surface area (Å²) in [6.07, 6.45) is -23.9. The van der Waals surface area contributed by atoms with Gasteiger partial charge >= 0.3 is 5.97 Å². The average molecular weight is 929 g/mol. The fourth-order valence-electron chi connectivity index (χ4n) is 8.32. The third-order valence-corrected chi connectivity index (χ3v) is 11.5. The van der Waals surface area contributed by atoms with E-state index in [0.717, 1.165) is 40.5 Å². The number of carbonyl (C=O) groups is 4. The molecule has 5 heterocycles.